The smallest absolute Gasteiger partial charge is 0.226 e. The Balaban J connectivity index is 1.28. The summed E-state index contributed by atoms with van der Waals surface area (Å²) in [5, 5.41) is 7.99. The second kappa shape index (κ2) is 10.2. The van der Waals surface area contributed by atoms with Crippen LogP contribution >= 0.6 is 0 Å². The maximum Gasteiger partial charge on any atom is 0.226 e. The van der Waals surface area contributed by atoms with Gasteiger partial charge in [-0.15, -0.1) is 5.10 Å². The predicted octanol–water partition coefficient (Wildman–Crippen LogP) is 3.38. The molecule has 1 aliphatic heterocycles. The lowest BCUT2D eigenvalue weighted by molar-refractivity contribution is 0.250. The van der Waals surface area contributed by atoms with Crippen molar-refractivity contribution in [2.75, 3.05) is 50.6 Å². The maximum atomic E-state index is 5.42. The minimum atomic E-state index is 0.572. The number of ether oxygens (including phenoxy) is 2. The van der Waals surface area contributed by atoms with Gasteiger partial charge in [0.1, 0.15) is 5.82 Å². The van der Waals surface area contributed by atoms with Gasteiger partial charge in [-0.2, -0.15) is 4.52 Å². The number of fused-ring (bicyclic) bond motifs is 1. The summed E-state index contributed by atoms with van der Waals surface area (Å²) in [6.45, 7) is 7.28. The largest absolute Gasteiger partial charge is 0.493 e. The van der Waals surface area contributed by atoms with Crippen LogP contribution in [0.2, 0.25) is 0 Å². The molecule has 9 heteroatoms. The molecule has 0 atom stereocenters. The molecule has 35 heavy (non-hydrogen) atoms. The standard InChI is InChI=1S/C26H31N7O2/c1-19-29-25-21(18-31-11-13-32(14-12-31)22-7-5-4-6-8-22)17-28-26(33(25)30-19)27-16-20-9-10-23(34-2)24(15-20)35-3/h4-10,15,17H,11-14,16,18H2,1-3H3,(H,27,28). The van der Waals surface area contributed by atoms with Crippen molar-refractivity contribution in [1.29, 1.82) is 0 Å². The third-order valence-electron chi connectivity index (χ3n) is 6.33. The van der Waals surface area contributed by atoms with Crippen LogP contribution in [0, 0.1) is 6.92 Å². The summed E-state index contributed by atoms with van der Waals surface area (Å²) in [5.41, 5.74) is 4.26. The molecule has 0 bridgehead atoms. The van der Waals surface area contributed by atoms with Gasteiger partial charge in [0.25, 0.3) is 0 Å². The zero-order valence-electron chi connectivity index (χ0n) is 20.4. The molecule has 2 aromatic carbocycles. The third-order valence-corrected chi connectivity index (χ3v) is 6.33. The van der Waals surface area contributed by atoms with E-state index in [2.05, 4.69) is 50.5 Å². The number of anilines is 2. The monoisotopic (exact) mass is 473 g/mol. The fraction of sp³-hybridized carbons (Fsp3) is 0.346. The van der Waals surface area contributed by atoms with Gasteiger partial charge in [0, 0.05) is 56.7 Å². The molecule has 0 spiro atoms. The summed E-state index contributed by atoms with van der Waals surface area (Å²) in [4.78, 5) is 14.3. The number of methoxy groups -OCH3 is 2. The van der Waals surface area contributed by atoms with E-state index in [1.165, 1.54) is 5.69 Å². The molecule has 2 aromatic heterocycles. The average molecular weight is 474 g/mol. The topological polar surface area (TPSA) is 80.0 Å². The van der Waals surface area contributed by atoms with Crippen molar-refractivity contribution in [3.8, 4) is 11.5 Å². The Bertz CT molecular complexity index is 1280. The predicted molar refractivity (Wildman–Crippen MR) is 136 cm³/mol. The van der Waals surface area contributed by atoms with Crippen LogP contribution in [0.25, 0.3) is 5.65 Å². The quantitative estimate of drug-likeness (QED) is 0.417. The van der Waals surface area contributed by atoms with Crippen LogP contribution in [0.5, 0.6) is 11.5 Å². The molecule has 4 aromatic rings. The Hall–Kier alpha value is -3.85. The normalized spacial score (nSPS) is 14.3. The zero-order valence-corrected chi connectivity index (χ0v) is 20.4. The van der Waals surface area contributed by atoms with Crippen molar-refractivity contribution < 1.29 is 9.47 Å². The molecular formula is C26H31N7O2. The van der Waals surface area contributed by atoms with Gasteiger partial charge in [-0.25, -0.2) is 9.97 Å². The highest BCUT2D eigenvalue weighted by atomic mass is 16.5. The molecule has 0 radical (unpaired) electrons. The molecule has 1 fully saturated rings. The van der Waals surface area contributed by atoms with Crippen LogP contribution in [0.3, 0.4) is 0 Å². The minimum absolute atomic E-state index is 0.572. The molecule has 5 rings (SSSR count). The molecule has 182 valence electrons. The van der Waals surface area contributed by atoms with Crippen LogP contribution in [-0.2, 0) is 13.1 Å². The molecule has 0 amide bonds. The van der Waals surface area contributed by atoms with E-state index in [1.807, 2.05) is 35.8 Å². The zero-order chi connectivity index (χ0) is 24.2. The van der Waals surface area contributed by atoms with Gasteiger partial charge in [0.2, 0.25) is 5.95 Å². The number of aromatic nitrogens is 4. The van der Waals surface area contributed by atoms with Gasteiger partial charge in [-0.1, -0.05) is 24.3 Å². The second-order valence-electron chi connectivity index (χ2n) is 8.64. The summed E-state index contributed by atoms with van der Waals surface area (Å²) in [5.74, 6) is 2.79. The fourth-order valence-electron chi connectivity index (χ4n) is 4.47. The molecule has 1 saturated heterocycles. The molecular weight excluding hydrogens is 442 g/mol. The molecule has 0 aliphatic carbocycles. The number of rotatable bonds is 8. The lowest BCUT2D eigenvalue weighted by Crippen LogP contribution is -2.46. The number of hydrogen-bond acceptors (Lipinski definition) is 8. The fourth-order valence-corrected chi connectivity index (χ4v) is 4.47. The van der Waals surface area contributed by atoms with Crippen molar-refractivity contribution in [1.82, 2.24) is 24.5 Å². The molecule has 0 saturated carbocycles. The summed E-state index contributed by atoms with van der Waals surface area (Å²) in [6, 6.07) is 16.5. The van der Waals surface area contributed by atoms with Gasteiger partial charge < -0.3 is 19.7 Å². The van der Waals surface area contributed by atoms with E-state index in [1.54, 1.807) is 14.2 Å². The van der Waals surface area contributed by atoms with E-state index < -0.39 is 0 Å². The van der Waals surface area contributed by atoms with Crippen molar-refractivity contribution in [3.05, 3.63) is 71.7 Å². The SMILES string of the molecule is COc1ccc(CNc2ncc(CN3CCN(c4ccccc4)CC3)c3nc(C)nn23)cc1OC. The second-order valence-corrected chi connectivity index (χ2v) is 8.64. The summed E-state index contributed by atoms with van der Waals surface area (Å²) >= 11 is 0. The van der Waals surface area contributed by atoms with Gasteiger partial charge in [-0.3, -0.25) is 4.90 Å². The molecule has 3 heterocycles. The van der Waals surface area contributed by atoms with Gasteiger partial charge in [-0.05, 0) is 36.8 Å². The lowest BCUT2D eigenvalue weighted by atomic mass is 10.2. The van der Waals surface area contributed by atoms with Gasteiger partial charge in [0.15, 0.2) is 17.1 Å². The molecule has 9 nitrogen and oxygen atoms in total. The summed E-state index contributed by atoms with van der Waals surface area (Å²) < 4.78 is 12.6. The van der Waals surface area contributed by atoms with E-state index >= 15 is 0 Å². The van der Waals surface area contributed by atoms with Crippen molar-refractivity contribution in [2.24, 2.45) is 0 Å². The van der Waals surface area contributed by atoms with Crippen molar-refractivity contribution in [2.45, 2.75) is 20.0 Å². The van der Waals surface area contributed by atoms with E-state index in [-0.39, 0.29) is 0 Å². The number of nitrogens with zero attached hydrogens (tertiary/aromatic N) is 6. The maximum absolute atomic E-state index is 5.42. The first-order valence-corrected chi connectivity index (χ1v) is 11.8. The molecule has 0 unspecified atom stereocenters. The average Bonchev–Trinajstić information content (AvgIpc) is 3.31. The Kier molecular flexibility index (Phi) is 6.67. The van der Waals surface area contributed by atoms with Gasteiger partial charge >= 0.3 is 0 Å². The Morgan fingerprint density at radius 3 is 2.46 bits per heavy atom. The van der Waals surface area contributed by atoms with Crippen LogP contribution in [-0.4, -0.2) is 64.9 Å². The minimum Gasteiger partial charge on any atom is -0.493 e. The summed E-state index contributed by atoms with van der Waals surface area (Å²) in [6.07, 6.45) is 1.92. The number of benzene rings is 2. The number of para-hydroxylation sites is 1. The number of nitrogens with one attached hydrogen (secondary N) is 1. The van der Waals surface area contributed by atoms with E-state index in [0.717, 1.165) is 55.3 Å². The Morgan fingerprint density at radius 2 is 1.71 bits per heavy atom. The first kappa shape index (κ1) is 22.9. The number of piperazine rings is 1. The van der Waals surface area contributed by atoms with Crippen LogP contribution in [0.4, 0.5) is 11.6 Å². The van der Waals surface area contributed by atoms with Crippen LogP contribution in [0.1, 0.15) is 17.0 Å². The molecule has 1 N–H and O–H groups in total. The highest BCUT2D eigenvalue weighted by Crippen LogP contribution is 2.28. The summed E-state index contributed by atoms with van der Waals surface area (Å²) in [7, 11) is 3.27. The van der Waals surface area contributed by atoms with Crippen LogP contribution in [0.15, 0.2) is 54.7 Å². The first-order chi connectivity index (χ1) is 17.1. The third kappa shape index (κ3) is 5.00. The number of aryl methyl sites for hydroxylation is 1. The molecule has 1 aliphatic rings. The Morgan fingerprint density at radius 1 is 0.943 bits per heavy atom. The van der Waals surface area contributed by atoms with E-state index in [0.29, 0.717) is 24.0 Å². The van der Waals surface area contributed by atoms with Crippen LogP contribution < -0.4 is 19.7 Å². The first-order valence-electron chi connectivity index (χ1n) is 11.8. The highest BCUT2D eigenvalue weighted by Gasteiger charge is 2.20. The van der Waals surface area contributed by atoms with E-state index in [9.17, 15) is 0 Å². The van der Waals surface area contributed by atoms with Gasteiger partial charge in [0.05, 0.1) is 14.2 Å². The lowest BCUT2D eigenvalue weighted by Gasteiger charge is -2.36. The Labute approximate surface area is 205 Å². The van der Waals surface area contributed by atoms with Crippen molar-refractivity contribution in [3.63, 3.8) is 0 Å². The van der Waals surface area contributed by atoms with Crippen molar-refractivity contribution >= 4 is 17.3 Å². The highest BCUT2D eigenvalue weighted by molar-refractivity contribution is 5.52. The van der Waals surface area contributed by atoms with E-state index in [4.69, 9.17) is 19.4 Å². The number of hydrogen-bond donors (Lipinski definition) is 1.